The van der Waals surface area contributed by atoms with E-state index in [0.29, 0.717) is 0 Å². The van der Waals surface area contributed by atoms with Gasteiger partial charge in [0.15, 0.2) is 0 Å². The zero-order valence-corrected chi connectivity index (χ0v) is 15.8. The average molecular weight is 325 g/mol. The van der Waals surface area contributed by atoms with Crippen LogP contribution in [-0.2, 0) is 4.79 Å². The summed E-state index contributed by atoms with van der Waals surface area (Å²) in [7, 11) is 0. The molecule has 0 aromatic rings. The molecule has 0 aromatic heterocycles. The van der Waals surface area contributed by atoms with Gasteiger partial charge in [0.05, 0.1) is 0 Å². The third kappa shape index (κ3) is 10.7. The van der Waals surface area contributed by atoms with Gasteiger partial charge in [-0.3, -0.25) is 4.79 Å². The SMILES string of the molecule is CC(C)=CCC/C(C)=C/CC/C(C)=C/CSC(C)(C)C(=O)O. The summed E-state index contributed by atoms with van der Waals surface area (Å²) < 4.78 is -0.710. The number of rotatable bonds is 10. The molecule has 0 atom stereocenters. The highest BCUT2D eigenvalue weighted by atomic mass is 32.2. The maximum Gasteiger partial charge on any atom is 0.319 e. The number of aliphatic carboxylic acids is 1. The van der Waals surface area contributed by atoms with Gasteiger partial charge < -0.3 is 5.11 Å². The summed E-state index contributed by atoms with van der Waals surface area (Å²) in [6.07, 6.45) is 11.1. The van der Waals surface area contributed by atoms with E-state index in [4.69, 9.17) is 5.11 Å². The van der Waals surface area contributed by atoms with Crippen molar-refractivity contribution in [1.29, 1.82) is 0 Å². The Kier molecular flexibility index (Phi) is 10.2. The second-order valence-electron chi connectivity index (χ2n) is 6.59. The normalized spacial score (nSPS) is 13.2. The quantitative estimate of drug-likeness (QED) is 0.501. The van der Waals surface area contributed by atoms with Crippen LogP contribution in [0.5, 0.6) is 0 Å². The minimum Gasteiger partial charge on any atom is -0.480 e. The summed E-state index contributed by atoms with van der Waals surface area (Å²) in [6.45, 7) is 12.1. The lowest BCUT2D eigenvalue weighted by atomic mass is 10.1. The lowest BCUT2D eigenvalue weighted by molar-refractivity contribution is -0.138. The lowest BCUT2D eigenvalue weighted by Crippen LogP contribution is -2.27. The van der Waals surface area contributed by atoms with Crippen molar-refractivity contribution in [1.82, 2.24) is 0 Å². The van der Waals surface area contributed by atoms with Crippen molar-refractivity contribution >= 4 is 17.7 Å². The van der Waals surface area contributed by atoms with Crippen LogP contribution < -0.4 is 0 Å². The molecular formula is C19H32O2S. The Morgan fingerprint density at radius 2 is 1.45 bits per heavy atom. The van der Waals surface area contributed by atoms with Crippen molar-refractivity contribution < 1.29 is 9.90 Å². The third-order valence-electron chi connectivity index (χ3n) is 3.51. The molecule has 0 rings (SSSR count). The van der Waals surface area contributed by atoms with Gasteiger partial charge in [0.2, 0.25) is 0 Å². The highest BCUT2D eigenvalue weighted by Crippen LogP contribution is 2.25. The first-order chi connectivity index (χ1) is 10.1. The van der Waals surface area contributed by atoms with Gasteiger partial charge in [0.1, 0.15) is 4.75 Å². The standard InChI is InChI=1S/C19H32O2S/c1-15(2)9-7-10-16(3)11-8-12-17(4)13-14-22-19(5,6)18(20)21/h9,11,13H,7-8,10,12,14H2,1-6H3,(H,20,21)/b16-11+,17-13+. The Labute approximate surface area is 140 Å². The first-order valence-electron chi connectivity index (χ1n) is 7.97. The van der Waals surface area contributed by atoms with Gasteiger partial charge in [-0.05, 0) is 67.2 Å². The second kappa shape index (κ2) is 10.7. The molecule has 0 saturated carbocycles. The summed E-state index contributed by atoms with van der Waals surface area (Å²) in [5.41, 5.74) is 4.17. The van der Waals surface area contributed by atoms with Crippen LogP contribution in [0.4, 0.5) is 0 Å². The van der Waals surface area contributed by atoms with E-state index in [1.807, 2.05) is 0 Å². The molecule has 3 heteroatoms. The number of hydrogen-bond donors (Lipinski definition) is 1. The van der Waals surface area contributed by atoms with Crippen molar-refractivity contribution in [3.05, 3.63) is 34.9 Å². The average Bonchev–Trinajstić information content (AvgIpc) is 2.37. The minimum atomic E-state index is -0.751. The van der Waals surface area contributed by atoms with Gasteiger partial charge in [0.25, 0.3) is 0 Å². The Morgan fingerprint density at radius 1 is 0.955 bits per heavy atom. The molecule has 22 heavy (non-hydrogen) atoms. The number of hydrogen-bond acceptors (Lipinski definition) is 2. The summed E-state index contributed by atoms with van der Waals surface area (Å²) in [5.74, 6) is 0.00692. The largest absolute Gasteiger partial charge is 0.480 e. The Balaban J connectivity index is 4.07. The molecule has 0 heterocycles. The van der Waals surface area contributed by atoms with Crippen molar-refractivity contribution in [3.63, 3.8) is 0 Å². The van der Waals surface area contributed by atoms with Crippen LogP contribution in [0.3, 0.4) is 0 Å². The molecule has 0 fully saturated rings. The van der Waals surface area contributed by atoms with Crippen molar-refractivity contribution in [2.75, 3.05) is 5.75 Å². The zero-order valence-electron chi connectivity index (χ0n) is 15.0. The summed E-state index contributed by atoms with van der Waals surface area (Å²) >= 11 is 1.47. The molecule has 0 aliphatic carbocycles. The van der Waals surface area contributed by atoms with Crippen molar-refractivity contribution in [2.24, 2.45) is 0 Å². The van der Waals surface area contributed by atoms with E-state index >= 15 is 0 Å². The van der Waals surface area contributed by atoms with Gasteiger partial charge >= 0.3 is 5.97 Å². The fourth-order valence-electron chi connectivity index (χ4n) is 1.79. The molecular weight excluding hydrogens is 292 g/mol. The van der Waals surface area contributed by atoms with Gasteiger partial charge in [-0.25, -0.2) is 0 Å². The Hall–Kier alpha value is -0.960. The van der Waals surface area contributed by atoms with E-state index in [-0.39, 0.29) is 0 Å². The van der Waals surface area contributed by atoms with E-state index < -0.39 is 10.7 Å². The van der Waals surface area contributed by atoms with E-state index in [1.165, 1.54) is 28.5 Å². The van der Waals surface area contributed by atoms with Crippen LogP contribution in [0.2, 0.25) is 0 Å². The fourth-order valence-corrected chi connectivity index (χ4v) is 2.70. The summed E-state index contributed by atoms with van der Waals surface area (Å²) in [6, 6.07) is 0. The molecule has 0 spiro atoms. The van der Waals surface area contributed by atoms with Crippen LogP contribution in [0.15, 0.2) is 34.9 Å². The molecule has 0 radical (unpaired) electrons. The molecule has 1 N–H and O–H groups in total. The van der Waals surface area contributed by atoms with E-state index in [2.05, 4.69) is 45.9 Å². The third-order valence-corrected chi connectivity index (χ3v) is 4.74. The monoisotopic (exact) mass is 324 g/mol. The molecule has 0 saturated heterocycles. The zero-order chi connectivity index (χ0) is 17.2. The fraction of sp³-hybridized carbons (Fsp3) is 0.632. The first kappa shape index (κ1) is 21.0. The smallest absolute Gasteiger partial charge is 0.319 e. The molecule has 0 unspecified atom stereocenters. The number of allylic oxidation sites excluding steroid dienone is 5. The number of thioether (sulfide) groups is 1. The second-order valence-corrected chi connectivity index (χ2v) is 8.23. The predicted molar refractivity (Wildman–Crippen MR) is 99.6 cm³/mol. The van der Waals surface area contributed by atoms with Crippen molar-refractivity contribution in [2.45, 2.75) is 72.0 Å². The van der Waals surface area contributed by atoms with Crippen LogP contribution in [-0.4, -0.2) is 21.6 Å². The topological polar surface area (TPSA) is 37.3 Å². The maximum atomic E-state index is 11.0. The van der Waals surface area contributed by atoms with Crippen LogP contribution in [0.25, 0.3) is 0 Å². The summed E-state index contributed by atoms with van der Waals surface area (Å²) in [4.78, 5) is 11.0. The number of carboxylic acids is 1. The molecule has 0 aliphatic heterocycles. The molecule has 0 aromatic carbocycles. The molecule has 0 amide bonds. The van der Waals surface area contributed by atoms with Crippen LogP contribution >= 0.6 is 11.8 Å². The number of carboxylic acid groups (broad SMARTS) is 1. The highest BCUT2D eigenvalue weighted by molar-refractivity contribution is 8.01. The van der Waals surface area contributed by atoms with E-state index in [9.17, 15) is 4.79 Å². The summed E-state index contributed by atoms with van der Waals surface area (Å²) in [5, 5.41) is 9.06. The van der Waals surface area contributed by atoms with Crippen LogP contribution in [0.1, 0.15) is 67.2 Å². The van der Waals surface area contributed by atoms with Gasteiger partial charge in [-0.15, -0.1) is 11.8 Å². The highest BCUT2D eigenvalue weighted by Gasteiger charge is 2.26. The van der Waals surface area contributed by atoms with Gasteiger partial charge in [0, 0.05) is 5.75 Å². The van der Waals surface area contributed by atoms with Crippen LogP contribution in [0, 0.1) is 0 Å². The molecule has 0 bridgehead atoms. The first-order valence-corrected chi connectivity index (χ1v) is 8.95. The molecule has 126 valence electrons. The molecule has 2 nitrogen and oxygen atoms in total. The van der Waals surface area contributed by atoms with Gasteiger partial charge in [-0.1, -0.05) is 34.9 Å². The Bertz CT molecular complexity index is 438. The van der Waals surface area contributed by atoms with E-state index in [0.717, 1.165) is 31.4 Å². The number of carbonyl (C=O) groups is 1. The van der Waals surface area contributed by atoms with Gasteiger partial charge in [-0.2, -0.15) is 0 Å². The lowest BCUT2D eigenvalue weighted by Gasteiger charge is -2.17. The van der Waals surface area contributed by atoms with Crippen molar-refractivity contribution in [3.8, 4) is 0 Å². The molecule has 0 aliphatic rings. The predicted octanol–water partition coefficient (Wildman–Crippen LogP) is 6.00. The maximum absolute atomic E-state index is 11.0. The van der Waals surface area contributed by atoms with E-state index in [1.54, 1.807) is 13.8 Å². The minimum absolute atomic E-state index is 0.710. The Morgan fingerprint density at radius 3 is 1.95 bits per heavy atom.